The van der Waals surface area contributed by atoms with Crippen LogP contribution in [-0.4, -0.2) is 29.1 Å². The maximum absolute atomic E-state index is 12.3. The Balaban J connectivity index is 2.14. The third-order valence-corrected chi connectivity index (χ3v) is 2.88. The number of amides is 1. The van der Waals surface area contributed by atoms with Gasteiger partial charge in [-0.2, -0.15) is 0 Å². The number of carbonyl (C=O) groups excluding carboxylic acids is 1. The Morgan fingerprint density at radius 3 is 3.00 bits per heavy atom. The van der Waals surface area contributed by atoms with Gasteiger partial charge >= 0.3 is 0 Å². The van der Waals surface area contributed by atoms with Crippen molar-refractivity contribution in [3.8, 4) is 5.75 Å². The summed E-state index contributed by atoms with van der Waals surface area (Å²) >= 11 is 0. The number of nitrogens with zero attached hydrogens (tertiary/aromatic N) is 2. The van der Waals surface area contributed by atoms with E-state index < -0.39 is 0 Å². The van der Waals surface area contributed by atoms with Crippen molar-refractivity contribution in [1.29, 1.82) is 0 Å². The van der Waals surface area contributed by atoms with Crippen LogP contribution in [0.15, 0.2) is 53.8 Å². The molecule has 0 aliphatic carbocycles. The number of hydrogen-bond acceptors (Lipinski definition) is 4. The SMILES string of the molecule is C=CCN(Cc1cccc(OCC)c1)C(=O)c1ccon1. The molecule has 2 aromatic rings. The maximum atomic E-state index is 12.3. The van der Waals surface area contributed by atoms with Crippen LogP contribution in [0.1, 0.15) is 23.0 Å². The number of ether oxygens (including phenoxy) is 1. The molecule has 0 aliphatic heterocycles. The lowest BCUT2D eigenvalue weighted by atomic mass is 10.2. The minimum Gasteiger partial charge on any atom is -0.494 e. The minimum absolute atomic E-state index is 0.189. The lowest BCUT2D eigenvalue weighted by Gasteiger charge is -2.20. The van der Waals surface area contributed by atoms with Crippen LogP contribution < -0.4 is 4.74 Å². The molecule has 0 fully saturated rings. The van der Waals surface area contributed by atoms with Crippen LogP contribution in [0.25, 0.3) is 0 Å². The highest BCUT2D eigenvalue weighted by Gasteiger charge is 2.17. The van der Waals surface area contributed by atoms with E-state index >= 15 is 0 Å². The van der Waals surface area contributed by atoms with Gasteiger partial charge in [0.25, 0.3) is 5.91 Å². The molecule has 0 aliphatic rings. The van der Waals surface area contributed by atoms with Crippen molar-refractivity contribution in [1.82, 2.24) is 10.1 Å². The first-order valence-corrected chi connectivity index (χ1v) is 6.77. The summed E-state index contributed by atoms with van der Waals surface area (Å²) in [5.74, 6) is 0.605. The normalized spacial score (nSPS) is 10.1. The van der Waals surface area contributed by atoms with Crippen molar-refractivity contribution >= 4 is 5.91 Å². The van der Waals surface area contributed by atoms with Crippen LogP contribution in [0.3, 0.4) is 0 Å². The van der Waals surface area contributed by atoms with Crippen molar-refractivity contribution < 1.29 is 14.1 Å². The summed E-state index contributed by atoms with van der Waals surface area (Å²) in [5, 5.41) is 3.68. The topological polar surface area (TPSA) is 55.6 Å². The van der Waals surface area contributed by atoms with Crippen LogP contribution in [0.5, 0.6) is 5.75 Å². The van der Waals surface area contributed by atoms with E-state index in [4.69, 9.17) is 9.26 Å². The Morgan fingerprint density at radius 2 is 2.33 bits per heavy atom. The lowest BCUT2D eigenvalue weighted by Crippen LogP contribution is -2.30. The summed E-state index contributed by atoms with van der Waals surface area (Å²) in [6, 6.07) is 9.23. The standard InChI is InChI=1S/C16H18N2O3/c1-3-9-18(16(19)15-8-10-21-17-15)12-13-6-5-7-14(11-13)20-4-2/h3,5-8,10-11H,1,4,9,12H2,2H3. The van der Waals surface area contributed by atoms with Gasteiger partial charge in [0, 0.05) is 19.2 Å². The predicted molar refractivity (Wildman–Crippen MR) is 79.1 cm³/mol. The van der Waals surface area contributed by atoms with Crippen molar-refractivity contribution in [3.63, 3.8) is 0 Å². The molecular weight excluding hydrogens is 268 g/mol. The highest BCUT2D eigenvalue weighted by atomic mass is 16.5. The summed E-state index contributed by atoms with van der Waals surface area (Å²) in [4.78, 5) is 14.0. The van der Waals surface area contributed by atoms with Gasteiger partial charge in [0.15, 0.2) is 5.69 Å². The Kier molecular flexibility index (Phi) is 5.15. The smallest absolute Gasteiger partial charge is 0.276 e. The molecule has 110 valence electrons. The van der Waals surface area contributed by atoms with E-state index in [1.165, 1.54) is 6.26 Å². The van der Waals surface area contributed by atoms with Gasteiger partial charge in [-0.1, -0.05) is 23.4 Å². The molecule has 0 saturated heterocycles. The zero-order valence-corrected chi connectivity index (χ0v) is 12.0. The quantitative estimate of drug-likeness (QED) is 0.734. The molecule has 0 saturated carbocycles. The first kappa shape index (κ1) is 14.8. The number of carbonyl (C=O) groups is 1. The van der Waals surface area contributed by atoms with Gasteiger partial charge in [-0.3, -0.25) is 4.79 Å². The van der Waals surface area contributed by atoms with E-state index in [9.17, 15) is 4.79 Å². The van der Waals surface area contributed by atoms with E-state index in [0.717, 1.165) is 11.3 Å². The summed E-state index contributed by atoms with van der Waals surface area (Å²) in [5.41, 5.74) is 1.28. The van der Waals surface area contributed by atoms with Crippen LogP contribution in [0.2, 0.25) is 0 Å². The van der Waals surface area contributed by atoms with E-state index in [-0.39, 0.29) is 11.6 Å². The molecular formula is C16H18N2O3. The third kappa shape index (κ3) is 3.95. The monoisotopic (exact) mass is 286 g/mol. The lowest BCUT2D eigenvalue weighted by molar-refractivity contribution is 0.0752. The fraction of sp³-hybridized carbons (Fsp3) is 0.250. The molecule has 5 heteroatoms. The highest BCUT2D eigenvalue weighted by molar-refractivity contribution is 5.92. The zero-order valence-electron chi connectivity index (χ0n) is 12.0. The molecule has 1 aromatic heterocycles. The van der Waals surface area contributed by atoms with Crippen molar-refractivity contribution in [2.45, 2.75) is 13.5 Å². The molecule has 0 spiro atoms. The number of rotatable bonds is 7. The number of benzene rings is 1. The van der Waals surface area contributed by atoms with Crippen LogP contribution >= 0.6 is 0 Å². The molecule has 0 bridgehead atoms. The molecule has 2 rings (SSSR count). The van der Waals surface area contributed by atoms with E-state index in [0.29, 0.717) is 19.7 Å². The minimum atomic E-state index is -0.189. The molecule has 0 radical (unpaired) electrons. The second kappa shape index (κ2) is 7.28. The first-order chi connectivity index (χ1) is 10.2. The second-order valence-electron chi connectivity index (χ2n) is 4.44. The molecule has 1 aromatic carbocycles. The Bertz CT molecular complexity index is 593. The molecule has 21 heavy (non-hydrogen) atoms. The van der Waals surface area contributed by atoms with Gasteiger partial charge in [-0.15, -0.1) is 6.58 Å². The second-order valence-corrected chi connectivity index (χ2v) is 4.44. The molecule has 5 nitrogen and oxygen atoms in total. The summed E-state index contributed by atoms with van der Waals surface area (Å²) < 4.78 is 10.2. The van der Waals surface area contributed by atoms with Gasteiger partial charge in [0.1, 0.15) is 12.0 Å². The summed E-state index contributed by atoms with van der Waals surface area (Å²) in [7, 11) is 0. The van der Waals surface area contributed by atoms with Gasteiger partial charge in [0.05, 0.1) is 6.61 Å². The molecule has 1 heterocycles. The average molecular weight is 286 g/mol. The molecule has 0 unspecified atom stereocenters. The van der Waals surface area contributed by atoms with Gasteiger partial charge < -0.3 is 14.2 Å². The maximum Gasteiger partial charge on any atom is 0.276 e. The largest absolute Gasteiger partial charge is 0.494 e. The fourth-order valence-electron chi connectivity index (χ4n) is 1.98. The van der Waals surface area contributed by atoms with E-state index in [1.54, 1.807) is 17.0 Å². The van der Waals surface area contributed by atoms with Crippen LogP contribution in [0, 0.1) is 0 Å². The predicted octanol–water partition coefficient (Wildman–Crippen LogP) is 2.90. The van der Waals surface area contributed by atoms with E-state index in [2.05, 4.69) is 11.7 Å². The molecule has 0 atom stereocenters. The van der Waals surface area contributed by atoms with Gasteiger partial charge in [-0.25, -0.2) is 0 Å². The van der Waals surface area contributed by atoms with Crippen molar-refractivity contribution in [2.75, 3.05) is 13.2 Å². The Morgan fingerprint density at radius 1 is 1.48 bits per heavy atom. The van der Waals surface area contributed by atoms with Crippen LogP contribution in [0.4, 0.5) is 0 Å². The van der Waals surface area contributed by atoms with Crippen molar-refractivity contribution in [3.05, 3.63) is 60.5 Å². The summed E-state index contributed by atoms with van der Waals surface area (Å²) in [6.07, 6.45) is 3.07. The van der Waals surface area contributed by atoms with E-state index in [1.807, 2.05) is 31.2 Å². The number of aromatic nitrogens is 1. The summed E-state index contributed by atoms with van der Waals surface area (Å²) in [6.45, 7) is 7.13. The average Bonchev–Trinajstić information content (AvgIpc) is 3.01. The van der Waals surface area contributed by atoms with Crippen molar-refractivity contribution in [2.24, 2.45) is 0 Å². The highest BCUT2D eigenvalue weighted by Crippen LogP contribution is 2.16. The number of hydrogen-bond donors (Lipinski definition) is 0. The van der Waals surface area contributed by atoms with Gasteiger partial charge in [-0.05, 0) is 24.6 Å². The zero-order chi connectivity index (χ0) is 15.1. The van der Waals surface area contributed by atoms with Crippen LogP contribution in [-0.2, 0) is 6.54 Å². The fourth-order valence-corrected chi connectivity index (χ4v) is 1.98. The molecule has 0 N–H and O–H groups in total. The van der Waals surface area contributed by atoms with Gasteiger partial charge in [0.2, 0.25) is 0 Å². The Labute approximate surface area is 123 Å². The third-order valence-electron chi connectivity index (χ3n) is 2.88. The Hall–Kier alpha value is -2.56. The first-order valence-electron chi connectivity index (χ1n) is 6.77. The molecule has 1 amide bonds.